The second-order valence-corrected chi connectivity index (χ2v) is 4.63. The van der Waals surface area contributed by atoms with Gasteiger partial charge in [-0.2, -0.15) is 0 Å². The van der Waals surface area contributed by atoms with E-state index in [1.54, 1.807) is 12.1 Å². The molecule has 2 nitrogen and oxygen atoms in total. The molecule has 0 unspecified atom stereocenters. The van der Waals surface area contributed by atoms with Gasteiger partial charge in [0.05, 0.1) is 0 Å². The molecule has 1 heterocycles. The van der Waals surface area contributed by atoms with Crippen LogP contribution in [-0.4, -0.2) is 25.0 Å². The Kier molecular flexibility index (Phi) is 4.23. The van der Waals surface area contributed by atoms with Crippen LogP contribution < -0.4 is 4.74 Å². The Bertz CT molecular complexity index is 558. The van der Waals surface area contributed by atoms with E-state index < -0.39 is 13.0 Å². The number of rotatable bonds is 4. The molecule has 106 valence electrons. The van der Waals surface area contributed by atoms with Gasteiger partial charge in [-0.15, -0.1) is 0 Å². The molecule has 0 radical (unpaired) electrons. The van der Waals surface area contributed by atoms with Gasteiger partial charge in [-0.1, -0.05) is 12.7 Å². The van der Waals surface area contributed by atoms with Crippen LogP contribution in [0.3, 0.4) is 0 Å². The molecule has 4 heteroatoms. The summed E-state index contributed by atoms with van der Waals surface area (Å²) in [5, 5.41) is 0. The fourth-order valence-corrected chi connectivity index (χ4v) is 1.99. The number of ether oxygens (including phenoxy) is 1. The molecule has 0 atom stereocenters. The van der Waals surface area contributed by atoms with Gasteiger partial charge in [0.2, 0.25) is 0 Å². The number of hydrogen-bond acceptors (Lipinski definition) is 2. The molecule has 1 aromatic rings. The Labute approximate surface area is 117 Å². The summed E-state index contributed by atoms with van der Waals surface area (Å²) in [4.78, 5) is 2.00. The first-order valence-electron chi connectivity index (χ1n) is 6.32. The van der Waals surface area contributed by atoms with Crippen molar-refractivity contribution in [3.05, 3.63) is 59.8 Å². The van der Waals surface area contributed by atoms with E-state index in [1.807, 2.05) is 43.2 Å². The van der Waals surface area contributed by atoms with Crippen molar-refractivity contribution in [1.29, 1.82) is 0 Å². The summed E-state index contributed by atoms with van der Waals surface area (Å²) in [5.74, 6) is 0.443. The Hall–Kier alpha value is -2.10. The minimum absolute atomic E-state index is 0.443. The zero-order chi connectivity index (χ0) is 14.7. The third-order valence-corrected chi connectivity index (χ3v) is 3.24. The molecule has 1 aliphatic heterocycles. The van der Waals surface area contributed by atoms with Crippen LogP contribution in [0.4, 0.5) is 8.78 Å². The van der Waals surface area contributed by atoms with E-state index in [1.165, 1.54) is 0 Å². The standard InChI is InChI=1S/C16H17F2NO/c1-11-4-9-15(19(3)12(11)2)13-5-7-14(8-6-13)20-10-16(17)18/h4-9,16H,2,10H2,1,3H3. The van der Waals surface area contributed by atoms with Crippen molar-refractivity contribution in [3.8, 4) is 5.75 Å². The van der Waals surface area contributed by atoms with E-state index >= 15 is 0 Å². The van der Waals surface area contributed by atoms with Gasteiger partial charge in [0.1, 0.15) is 12.4 Å². The molecular weight excluding hydrogens is 260 g/mol. The number of allylic oxidation sites excluding steroid dienone is 3. The van der Waals surface area contributed by atoms with E-state index in [-0.39, 0.29) is 0 Å². The predicted octanol–water partition coefficient (Wildman–Crippen LogP) is 4.08. The van der Waals surface area contributed by atoms with Crippen LogP contribution in [0.2, 0.25) is 0 Å². The second kappa shape index (κ2) is 5.90. The maximum atomic E-state index is 12.1. The summed E-state index contributed by atoms with van der Waals surface area (Å²) in [5.41, 5.74) is 4.07. The predicted molar refractivity (Wildman–Crippen MR) is 76.6 cm³/mol. The minimum Gasteiger partial charge on any atom is -0.488 e. The average Bonchev–Trinajstić information content (AvgIpc) is 2.43. The molecule has 1 aromatic carbocycles. The van der Waals surface area contributed by atoms with Crippen molar-refractivity contribution < 1.29 is 13.5 Å². The lowest BCUT2D eigenvalue weighted by molar-refractivity contribution is 0.0819. The van der Waals surface area contributed by atoms with E-state index in [4.69, 9.17) is 4.74 Å². The number of nitrogens with zero attached hydrogens (tertiary/aromatic N) is 1. The summed E-state index contributed by atoms with van der Waals surface area (Å²) < 4.78 is 29.1. The fraction of sp³-hybridized carbons (Fsp3) is 0.250. The molecule has 0 amide bonds. The summed E-state index contributed by atoms with van der Waals surface area (Å²) in [6, 6.07) is 7.09. The molecule has 0 saturated heterocycles. The second-order valence-electron chi connectivity index (χ2n) is 4.63. The average molecular weight is 277 g/mol. The fourth-order valence-electron chi connectivity index (χ4n) is 1.99. The molecule has 0 saturated carbocycles. The molecule has 1 aliphatic rings. The van der Waals surface area contributed by atoms with Crippen LogP contribution in [0.5, 0.6) is 5.75 Å². The van der Waals surface area contributed by atoms with Crippen LogP contribution in [0.1, 0.15) is 12.5 Å². The van der Waals surface area contributed by atoms with Crippen LogP contribution >= 0.6 is 0 Å². The molecule has 0 aromatic heterocycles. The smallest absolute Gasteiger partial charge is 0.272 e. The first-order valence-corrected chi connectivity index (χ1v) is 6.32. The largest absolute Gasteiger partial charge is 0.488 e. The van der Waals surface area contributed by atoms with Crippen molar-refractivity contribution in [1.82, 2.24) is 4.90 Å². The van der Waals surface area contributed by atoms with Gasteiger partial charge in [-0.3, -0.25) is 0 Å². The summed E-state index contributed by atoms with van der Waals surface area (Å²) in [6.45, 7) is 5.45. The van der Waals surface area contributed by atoms with Crippen LogP contribution in [-0.2, 0) is 0 Å². The maximum absolute atomic E-state index is 12.1. The van der Waals surface area contributed by atoms with E-state index in [9.17, 15) is 8.78 Å². The minimum atomic E-state index is -2.46. The van der Waals surface area contributed by atoms with Crippen molar-refractivity contribution in [3.63, 3.8) is 0 Å². The van der Waals surface area contributed by atoms with Gasteiger partial charge in [-0.25, -0.2) is 8.78 Å². The van der Waals surface area contributed by atoms with Gasteiger partial charge < -0.3 is 9.64 Å². The SMILES string of the molecule is C=C1C(C)=CC=C(c2ccc(OCC(F)F)cc2)N1C. The van der Waals surface area contributed by atoms with Crippen LogP contribution in [0, 0.1) is 0 Å². The topological polar surface area (TPSA) is 12.5 Å². The number of alkyl halides is 2. The number of halogens is 2. The van der Waals surface area contributed by atoms with E-state index in [0.717, 1.165) is 22.5 Å². The highest BCUT2D eigenvalue weighted by atomic mass is 19.3. The maximum Gasteiger partial charge on any atom is 0.272 e. The molecule has 0 aliphatic carbocycles. The van der Waals surface area contributed by atoms with Gasteiger partial charge >= 0.3 is 0 Å². The molecule has 0 bridgehead atoms. The van der Waals surface area contributed by atoms with Crippen molar-refractivity contribution in [2.75, 3.05) is 13.7 Å². The normalized spacial score (nSPS) is 15.2. The summed E-state index contributed by atoms with van der Waals surface area (Å²) in [6.07, 6.45) is 1.57. The van der Waals surface area contributed by atoms with Gasteiger partial charge in [0.25, 0.3) is 6.43 Å². The zero-order valence-electron chi connectivity index (χ0n) is 11.6. The summed E-state index contributed by atoms with van der Waals surface area (Å²) in [7, 11) is 1.95. The first kappa shape index (κ1) is 14.3. The van der Waals surface area contributed by atoms with Crippen molar-refractivity contribution >= 4 is 5.70 Å². The Balaban J connectivity index is 2.16. The van der Waals surface area contributed by atoms with Gasteiger partial charge in [-0.05, 0) is 48.4 Å². The lowest BCUT2D eigenvalue weighted by Crippen LogP contribution is -2.18. The number of benzene rings is 1. The van der Waals surface area contributed by atoms with Crippen LogP contribution in [0.25, 0.3) is 5.70 Å². The summed E-state index contributed by atoms with van der Waals surface area (Å²) >= 11 is 0. The number of hydrogen-bond donors (Lipinski definition) is 0. The molecule has 0 N–H and O–H groups in total. The molecule has 0 fully saturated rings. The molecular formula is C16H17F2NO. The quantitative estimate of drug-likeness (QED) is 0.822. The monoisotopic (exact) mass is 277 g/mol. The molecule has 20 heavy (non-hydrogen) atoms. The molecule has 2 rings (SSSR count). The highest BCUT2D eigenvalue weighted by Crippen LogP contribution is 2.29. The zero-order valence-corrected chi connectivity index (χ0v) is 11.6. The van der Waals surface area contributed by atoms with Crippen LogP contribution in [0.15, 0.2) is 54.3 Å². The highest BCUT2D eigenvalue weighted by Gasteiger charge is 2.15. The Morgan fingerprint density at radius 2 is 1.85 bits per heavy atom. The number of likely N-dealkylation sites (N-methyl/N-ethyl adjacent to an activating group) is 1. The Morgan fingerprint density at radius 3 is 2.45 bits per heavy atom. The first-order chi connectivity index (χ1) is 9.49. The lowest BCUT2D eigenvalue weighted by Gasteiger charge is -2.28. The third-order valence-electron chi connectivity index (χ3n) is 3.24. The van der Waals surface area contributed by atoms with Gasteiger partial charge in [0, 0.05) is 18.4 Å². The molecule has 0 spiro atoms. The third kappa shape index (κ3) is 3.07. The highest BCUT2D eigenvalue weighted by molar-refractivity contribution is 5.70. The lowest BCUT2D eigenvalue weighted by atomic mass is 10.0. The van der Waals surface area contributed by atoms with E-state index in [0.29, 0.717) is 5.75 Å². The Morgan fingerprint density at radius 1 is 1.20 bits per heavy atom. The van der Waals surface area contributed by atoms with Crippen molar-refractivity contribution in [2.45, 2.75) is 13.3 Å². The van der Waals surface area contributed by atoms with Crippen molar-refractivity contribution in [2.24, 2.45) is 0 Å². The van der Waals surface area contributed by atoms with Gasteiger partial charge in [0.15, 0.2) is 0 Å². The van der Waals surface area contributed by atoms with E-state index in [2.05, 4.69) is 6.58 Å².